The molecule has 4 rings (SSSR count). The maximum absolute atomic E-state index is 6.22. The molecule has 25 heavy (non-hydrogen) atoms. The van der Waals surface area contributed by atoms with E-state index < -0.39 is 0 Å². The molecule has 0 fully saturated rings. The summed E-state index contributed by atoms with van der Waals surface area (Å²) in [5, 5.41) is 0.431. The van der Waals surface area contributed by atoms with E-state index in [0.29, 0.717) is 11.0 Å². The highest BCUT2D eigenvalue weighted by Gasteiger charge is 2.08. The van der Waals surface area contributed by atoms with E-state index in [9.17, 15) is 0 Å². The fraction of sp³-hybridized carbons (Fsp3) is 0. The van der Waals surface area contributed by atoms with Gasteiger partial charge in [0.25, 0.3) is 0 Å². The van der Waals surface area contributed by atoms with Gasteiger partial charge in [-0.2, -0.15) is 0 Å². The summed E-state index contributed by atoms with van der Waals surface area (Å²) in [6.45, 7) is 0. The monoisotopic (exact) mass is 343 g/mol. The van der Waals surface area contributed by atoms with Crippen molar-refractivity contribution in [1.82, 2.24) is 15.0 Å². The minimum atomic E-state index is 0.431. The van der Waals surface area contributed by atoms with Crippen LogP contribution in [-0.4, -0.2) is 15.0 Å². The number of hydrogen-bond donors (Lipinski definition) is 0. The number of nitrogens with zero attached hydrogens (tertiary/aromatic N) is 3. The molecule has 2 aromatic carbocycles. The van der Waals surface area contributed by atoms with Gasteiger partial charge in [0.2, 0.25) is 0 Å². The lowest BCUT2D eigenvalue weighted by Gasteiger charge is -2.07. The van der Waals surface area contributed by atoms with Crippen molar-refractivity contribution < 1.29 is 0 Å². The molecule has 0 saturated heterocycles. The summed E-state index contributed by atoms with van der Waals surface area (Å²) in [7, 11) is 0. The first-order valence-electron chi connectivity index (χ1n) is 7.90. The molecule has 3 nitrogen and oxygen atoms in total. The van der Waals surface area contributed by atoms with E-state index >= 15 is 0 Å². The van der Waals surface area contributed by atoms with Crippen LogP contribution in [0.5, 0.6) is 0 Å². The maximum atomic E-state index is 6.22. The van der Waals surface area contributed by atoms with Gasteiger partial charge >= 0.3 is 0 Å². The number of aromatic nitrogens is 3. The summed E-state index contributed by atoms with van der Waals surface area (Å²) in [5.41, 5.74) is 4.93. The lowest BCUT2D eigenvalue weighted by molar-refractivity contribution is 1.18. The van der Waals surface area contributed by atoms with Crippen molar-refractivity contribution in [2.24, 2.45) is 0 Å². The van der Waals surface area contributed by atoms with Gasteiger partial charge in [-0.05, 0) is 17.2 Å². The highest BCUT2D eigenvalue weighted by molar-refractivity contribution is 6.29. The van der Waals surface area contributed by atoms with Crippen LogP contribution < -0.4 is 0 Å². The predicted octanol–water partition coefficient (Wildman–Crippen LogP) is 5.53. The van der Waals surface area contributed by atoms with Crippen molar-refractivity contribution in [2.75, 3.05) is 0 Å². The van der Waals surface area contributed by atoms with E-state index in [0.717, 1.165) is 27.9 Å². The molecule has 120 valence electrons. The predicted molar refractivity (Wildman–Crippen MR) is 101 cm³/mol. The van der Waals surface area contributed by atoms with Gasteiger partial charge in [0.05, 0.1) is 5.69 Å². The molecule has 0 bridgehead atoms. The fourth-order valence-corrected chi connectivity index (χ4v) is 2.83. The van der Waals surface area contributed by atoms with Crippen LogP contribution in [0.1, 0.15) is 0 Å². The second kappa shape index (κ2) is 6.83. The molecule has 0 aliphatic rings. The van der Waals surface area contributed by atoms with Crippen LogP contribution in [0.15, 0.2) is 85.2 Å². The summed E-state index contributed by atoms with van der Waals surface area (Å²) < 4.78 is 0. The SMILES string of the molecule is Clc1cc(-c2ccc(-c3cccnc3)cc2)nc(-c2ccccc2)n1. The Balaban J connectivity index is 1.71. The molecule has 0 aliphatic carbocycles. The Bertz CT molecular complexity index is 985. The summed E-state index contributed by atoms with van der Waals surface area (Å²) in [6, 6.07) is 23.8. The quantitative estimate of drug-likeness (QED) is 0.459. The van der Waals surface area contributed by atoms with Gasteiger partial charge in [-0.1, -0.05) is 72.3 Å². The molecule has 0 spiro atoms. The molecule has 4 aromatic rings. The van der Waals surface area contributed by atoms with Crippen molar-refractivity contribution in [1.29, 1.82) is 0 Å². The standard InChI is InChI=1S/C21H14ClN3/c22-20-13-19(24-21(25-20)17-5-2-1-3-6-17)16-10-8-15(9-11-16)18-7-4-12-23-14-18/h1-14H. The average molecular weight is 344 g/mol. The van der Waals surface area contributed by atoms with E-state index in [-0.39, 0.29) is 0 Å². The van der Waals surface area contributed by atoms with Gasteiger partial charge < -0.3 is 0 Å². The first kappa shape index (κ1) is 15.5. The van der Waals surface area contributed by atoms with Gasteiger partial charge in [0.15, 0.2) is 5.82 Å². The largest absolute Gasteiger partial charge is 0.264 e. The summed E-state index contributed by atoms with van der Waals surface area (Å²) >= 11 is 6.22. The zero-order valence-corrected chi connectivity index (χ0v) is 14.1. The summed E-state index contributed by atoms with van der Waals surface area (Å²) in [6.07, 6.45) is 3.62. The lowest BCUT2D eigenvalue weighted by atomic mass is 10.0. The highest BCUT2D eigenvalue weighted by atomic mass is 35.5. The maximum Gasteiger partial charge on any atom is 0.161 e. The van der Waals surface area contributed by atoms with Crippen molar-refractivity contribution in [3.8, 4) is 33.8 Å². The molecule has 2 heterocycles. The zero-order chi connectivity index (χ0) is 17.1. The minimum Gasteiger partial charge on any atom is -0.264 e. The molecular weight excluding hydrogens is 330 g/mol. The number of benzene rings is 2. The summed E-state index contributed by atoms with van der Waals surface area (Å²) in [5.74, 6) is 0.624. The number of pyridine rings is 1. The van der Waals surface area contributed by atoms with Crippen LogP contribution in [0, 0.1) is 0 Å². The Labute approximate surface area is 151 Å². The lowest BCUT2D eigenvalue weighted by Crippen LogP contribution is -1.93. The Morgan fingerprint density at radius 1 is 0.640 bits per heavy atom. The highest BCUT2D eigenvalue weighted by Crippen LogP contribution is 2.26. The molecule has 0 unspecified atom stereocenters. The Morgan fingerprint density at radius 3 is 2.08 bits per heavy atom. The molecule has 0 radical (unpaired) electrons. The number of halogens is 1. The Kier molecular flexibility index (Phi) is 4.23. The third-order valence-electron chi connectivity index (χ3n) is 3.90. The smallest absolute Gasteiger partial charge is 0.161 e. The van der Waals surface area contributed by atoms with Gasteiger partial charge in [0, 0.05) is 29.6 Å². The zero-order valence-electron chi connectivity index (χ0n) is 13.3. The van der Waals surface area contributed by atoms with E-state index in [1.165, 1.54) is 0 Å². The molecule has 0 amide bonds. The molecule has 4 heteroatoms. The van der Waals surface area contributed by atoms with Crippen LogP contribution >= 0.6 is 11.6 Å². The van der Waals surface area contributed by atoms with E-state index in [1.54, 1.807) is 12.3 Å². The van der Waals surface area contributed by atoms with Crippen molar-refractivity contribution >= 4 is 11.6 Å². The van der Waals surface area contributed by atoms with Gasteiger partial charge in [0.1, 0.15) is 5.15 Å². The van der Waals surface area contributed by atoms with E-state index in [4.69, 9.17) is 11.6 Å². The average Bonchev–Trinajstić information content (AvgIpc) is 2.69. The van der Waals surface area contributed by atoms with Gasteiger partial charge in [-0.3, -0.25) is 4.98 Å². The molecular formula is C21H14ClN3. The third kappa shape index (κ3) is 3.42. The van der Waals surface area contributed by atoms with Crippen molar-refractivity contribution in [3.63, 3.8) is 0 Å². The topological polar surface area (TPSA) is 38.7 Å². The Hall–Kier alpha value is -3.04. The second-order valence-corrected chi connectivity index (χ2v) is 5.97. The van der Waals surface area contributed by atoms with Crippen LogP contribution in [0.2, 0.25) is 5.15 Å². The normalized spacial score (nSPS) is 10.6. The van der Waals surface area contributed by atoms with Gasteiger partial charge in [-0.25, -0.2) is 9.97 Å². The molecule has 0 saturated carbocycles. The second-order valence-electron chi connectivity index (χ2n) is 5.58. The first-order valence-corrected chi connectivity index (χ1v) is 8.28. The van der Waals surface area contributed by atoms with Crippen LogP contribution in [-0.2, 0) is 0 Å². The first-order chi connectivity index (χ1) is 12.3. The van der Waals surface area contributed by atoms with Crippen LogP contribution in [0.25, 0.3) is 33.8 Å². The number of hydrogen-bond acceptors (Lipinski definition) is 3. The minimum absolute atomic E-state index is 0.431. The molecule has 2 aromatic heterocycles. The van der Waals surface area contributed by atoms with Crippen molar-refractivity contribution in [2.45, 2.75) is 0 Å². The fourth-order valence-electron chi connectivity index (χ4n) is 2.65. The molecule has 0 aliphatic heterocycles. The van der Waals surface area contributed by atoms with Crippen LogP contribution in [0.4, 0.5) is 0 Å². The van der Waals surface area contributed by atoms with E-state index in [1.807, 2.05) is 60.8 Å². The van der Waals surface area contributed by atoms with Crippen molar-refractivity contribution in [3.05, 3.63) is 90.3 Å². The van der Waals surface area contributed by atoms with Gasteiger partial charge in [-0.15, -0.1) is 0 Å². The molecule has 0 N–H and O–H groups in total. The Morgan fingerprint density at radius 2 is 1.36 bits per heavy atom. The third-order valence-corrected chi connectivity index (χ3v) is 4.10. The molecule has 0 atom stereocenters. The summed E-state index contributed by atoms with van der Waals surface area (Å²) in [4.78, 5) is 13.2. The number of rotatable bonds is 3. The van der Waals surface area contributed by atoms with Crippen LogP contribution in [0.3, 0.4) is 0 Å². The van der Waals surface area contributed by atoms with E-state index in [2.05, 4.69) is 27.1 Å².